The number of anilines is 1. The molecule has 0 atom stereocenters. The number of likely N-dealkylation sites (N-methyl/N-ethyl adjacent to an activating group) is 1. The minimum absolute atomic E-state index is 0.0714. The Labute approximate surface area is 125 Å². The second-order valence-electron chi connectivity index (χ2n) is 4.70. The van der Waals surface area contributed by atoms with Gasteiger partial charge in [-0.2, -0.15) is 0 Å². The lowest BCUT2D eigenvalue weighted by Gasteiger charge is -2.15. The normalized spacial score (nSPS) is 10.0. The number of carbonyl (C=O) groups excluding carboxylic acids is 1. The zero-order valence-corrected chi connectivity index (χ0v) is 12.4. The highest BCUT2D eigenvalue weighted by Crippen LogP contribution is 2.22. The smallest absolute Gasteiger partial charge is 0.241 e. The summed E-state index contributed by atoms with van der Waals surface area (Å²) in [7, 11) is 1.79. The maximum atomic E-state index is 11.7. The van der Waals surface area contributed by atoms with E-state index >= 15 is 0 Å². The highest BCUT2D eigenvalue weighted by Gasteiger charge is 2.05. The molecule has 110 valence electrons. The van der Waals surface area contributed by atoms with Crippen molar-refractivity contribution < 1.29 is 9.53 Å². The second-order valence-corrected chi connectivity index (χ2v) is 4.70. The van der Waals surface area contributed by atoms with Crippen molar-refractivity contribution in [3.05, 3.63) is 54.6 Å². The molecule has 0 aromatic heterocycles. The van der Waals surface area contributed by atoms with Gasteiger partial charge in [0.1, 0.15) is 11.5 Å². The lowest BCUT2D eigenvalue weighted by molar-refractivity contribution is -0.127. The van der Waals surface area contributed by atoms with Crippen LogP contribution in [-0.4, -0.2) is 30.9 Å². The van der Waals surface area contributed by atoms with Gasteiger partial charge < -0.3 is 15.0 Å². The van der Waals surface area contributed by atoms with Crippen LogP contribution in [0.1, 0.15) is 6.92 Å². The molecule has 0 radical (unpaired) electrons. The van der Waals surface area contributed by atoms with Gasteiger partial charge in [-0.25, -0.2) is 0 Å². The summed E-state index contributed by atoms with van der Waals surface area (Å²) in [5.74, 6) is 1.64. The van der Waals surface area contributed by atoms with Crippen molar-refractivity contribution in [3.8, 4) is 11.5 Å². The molecule has 0 aliphatic carbocycles. The Hall–Kier alpha value is -2.49. The Kier molecular flexibility index (Phi) is 5.21. The highest BCUT2D eigenvalue weighted by atomic mass is 16.5. The number of nitrogens with zero attached hydrogens (tertiary/aromatic N) is 1. The van der Waals surface area contributed by atoms with Crippen LogP contribution in [0.4, 0.5) is 5.69 Å². The van der Waals surface area contributed by atoms with E-state index in [-0.39, 0.29) is 5.91 Å². The largest absolute Gasteiger partial charge is 0.457 e. The topological polar surface area (TPSA) is 41.6 Å². The fourth-order valence-electron chi connectivity index (χ4n) is 1.75. The van der Waals surface area contributed by atoms with Crippen molar-refractivity contribution in [2.75, 3.05) is 25.5 Å². The van der Waals surface area contributed by atoms with Crippen LogP contribution in [0.15, 0.2) is 54.6 Å². The molecular formula is C17H20N2O2. The number of para-hydroxylation sites is 1. The first-order valence-corrected chi connectivity index (χ1v) is 7.00. The molecule has 1 N–H and O–H groups in total. The third kappa shape index (κ3) is 4.53. The van der Waals surface area contributed by atoms with Crippen LogP contribution in [0.2, 0.25) is 0 Å². The summed E-state index contributed by atoms with van der Waals surface area (Å²) in [6.45, 7) is 2.96. The van der Waals surface area contributed by atoms with Crippen LogP contribution < -0.4 is 10.1 Å². The van der Waals surface area contributed by atoms with E-state index in [1.807, 2.05) is 61.5 Å². The maximum absolute atomic E-state index is 11.7. The van der Waals surface area contributed by atoms with E-state index in [1.165, 1.54) is 0 Å². The summed E-state index contributed by atoms with van der Waals surface area (Å²) >= 11 is 0. The molecule has 0 fully saturated rings. The molecule has 0 heterocycles. The summed E-state index contributed by atoms with van der Waals surface area (Å²) in [5.41, 5.74) is 0.897. The molecule has 2 aromatic carbocycles. The maximum Gasteiger partial charge on any atom is 0.241 e. The summed E-state index contributed by atoms with van der Waals surface area (Å²) in [5, 5.41) is 3.10. The molecule has 1 amide bonds. The second kappa shape index (κ2) is 7.33. The van der Waals surface area contributed by atoms with Crippen molar-refractivity contribution in [1.29, 1.82) is 0 Å². The number of benzene rings is 2. The Morgan fingerprint density at radius 2 is 1.67 bits per heavy atom. The predicted molar refractivity (Wildman–Crippen MR) is 84.8 cm³/mol. The third-order valence-corrected chi connectivity index (χ3v) is 3.18. The van der Waals surface area contributed by atoms with Gasteiger partial charge in [-0.3, -0.25) is 4.79 Å². The average Bonchev–Trinajstić information content (AvgIpc) is 2.54. The number of rotatable bonds is 6. The predicted octanol–water partition coefficient (Wildman–Crippen LogP) is 3.37. The van der Waals surface area contributed by atoms with E-state index in [1.54, 1.807) is 11.9 Å². The van der Waals surface area contributed by atoms with Gasteiger partial charge in [0.2, 0.25) is 5.91 Å². The molecule has 2 rings (SSSR count). The van der Waals surface area contributed by atoms with Crippen molar-refractivity contribution in [2.45, 2.75) is 6.92 Å². The Morgan fingerprint density at radius 1 is 1.05 bits per heavy atom. The molecule has 0 bridgehead atoms. The molecule has 0 aliphatic rings. The van der Waals surface area contributed by atoms with Crippen LogP contribution >= 0.6 is 0 Å². The van der Waals surface area contributed by atoms with Gasteiger partial charge in [0.25, 0.3) is 0 Å². The van der Waals surface area contributed by atoms with Crippen LogP contribution in [0, 0.1) is 0 Å². The number of carbonyl (C=O) groups is 1. The SMILES string of the molecule is CCN(C)C(=O)CNc1ccc(Oc2ccccc2)cc1. The Bertz CT molecular complexity index is 567. The zero-order chi connectivity index (χ0) is 15.1. The van der Waals surface area contributed by atoms with Gasteiger partial charge >= 0.3 is 0 Å². The number of hydrogen-bond donors (Lipinski definition) is 1. The first-order chi connectivity index (χ1) is 10.2. The molecule has 2 aromatic rings. The van der Waals surface area contributed by atoms with Crippen molar-refractivity contribution in [2.24, 2.45) is 0 Å². The number of hydrogen-bond acceptors (Lipinski definition) is 3. The summed E-state index contributed by atoms with van der Waals surface area (Å²) in [6, 6.07) is 17.2. The zero-order valence-electron chi connectivity index (χ0n) is 12.4. The standard InChI is InChI=1S/C17H20N2O2/c1-3-19(2)17(20)13-18-14-9-11-16(12-10-14)21-15-7-5-4-6-8-15/h4-12,18H,3,13H2,1-2H3. The molecule has 0 saturated heterocycles. The van der Waals surface area contributed by atoms with Gasteiger partial charge in [0.05, 0.1) is 6.54 Å². The molecule has 4 heteroatoms. The average molecular weight is 284 g/mol. The lowest BCUT2D eigenvalue weighted by atomic mass is 10.3. The number of ether oxygens (including phenoxy) is 1. The van der Waals surface area contributed by atoms with Gasteiger partial charge in [-0.15, -0.1) is 0 Å². The van der Waals surface area contributed by atoms with Crippen molar-refractivity contribution in [3.63, 3.8) is 0 Å². The van der Waals surface area contributed by atoms with Gasteiger partial charge in [0, 0.05) is 19.3 Å². The molecule has 0 aliphatic heterocycles. The fourth-order valence-corrected chi connectivity index (χ4v) is 1.75. The van der Waals surface area contributed by atoms with E-state index in [4.69, 9.17) is 4.74 Å². The van der Waals surface area contributed by atoms with Gasteiger partial charge in [-0.1, -0.05) is 18.2 Å². The number of amides is 1. The highest BCUT2D eigenvalue weighted by molar-refractivity contribution is 5.80. The van der Waals surface area contributed by atoms with Gasteiger partial charge in [-0.05, 0) is 43.3 Å². The summed E-state index contributed by atoms with van der Waals surface area (Å²) < 4.78 is 5.71. The quantitative estimate of drug-likeness (QED) is 0.884. The first-order valence-electron chi connectivity index (χ1n) is 7.00. The first kappa shape index (κ1) is 14.9. The monoisotopic (exact) mass is 284 g/mol. The summed E-state index contributed by atoms with van der Waals surface area (Å²) in [6.07, 6.45) is 0. The Morgan fingerprint density at radius 3 is 2.29 bits per heavy atom. The van der Waals surface area contributed by atoms with Crippen molar-refractivity contribution in [1.82, 2.24) is 4.90 Å². The van der Waals surface area contributed by atoms with Crippen LogP contribution in [-0.2, 0) is 4.79 Å². The minimum Gasteiger partial charge on any atom is -0.457 e. The third-order valence-electron chi connectivity index (χ3n) is 3.18. The molecule has 0 saturated carbocycles. The number of nitrogens with one attached hydrogen (secondary N) is 1. The Balaban J connectivity index is 1.89. The van der Waals surface area contributed by atoms with Gasteiger partial charge in [0.15, 0.2) is 0 Å². The molecule has 0 spiro atoms. The van der Waals surface area contributed by atoms with Crippen LogP contribution in [0.5, 0.6) is 11.5 Å². The van der Waals surface area contributed by atoms with E-state index in [0.29, 0.717) is 13.1 Å². The molecular weight excluding hydrogens is 264 g/mol. The van der Waals surface area contributed by atoms with Crippen LogP contribution in [0.25, 0.3) is 0 Å². The minimum atomic E-state index is 0.0714. The van der Waals surface area contributed by atoms with Crippen molar-refractivity contribution >= 4 is 11.6 Å². The molecule has 21 heavy (non-hydrogen) atoms. The lowest BCUT2D eigenvalue weighted by Crippen LogP contribution is -2.31. The molecule has 4 nitrogen and oxygen atoms in total. The summed E-state index contributed by atoms with van der Waals surface area (Å²) in [4.78, 5) is 13.4. The molecule has 0 unspecified atom stereocenters. The van der Waals surface area contributed by atoms with E-state index in [9.17, 15) is 4.79 Å². The van der Waals surface area contributed by atoms with E-state index < -0.39 is 0 Å². The van der Waals surface area contributed by atoms with Crippen LogP contribution in [0.3, 0.4) is 0 Å². The van der Waals surface area contributed by atoms with E-state index in [2.05, 4.69) is 5.32 Å². The van der Waals surface area contributed by atoms with E-state index in [0.717, 1.165) is 17.2 Å². The fraction of sp³-hybridized carbons (Fsp3) is 0.235.